The third kappa shape index (κ3) is 1.41. The third-order valence-electron chi connectivity index (χ3n) is 2.44. The average molecular weight is 234 g/mol. The first-order chi connectivity index (χ1) is 7.24. The van der Waals surface area contributed by atoms with Crippen molar-refractivity contribution in [2.24, 2.45) is 0 Å². The number of halogens is 1. The van der Waals surface area contributed by atoms with Crippen LogP contribution in [0.5, 0.6) is 0 Å². The Morgan fingerprint density at radius 3 is 2.93 bits per heavy atom. The highest BCUT2D eigenvalue weighted by molar-refractivity contribution is 7.18. The summed E-state index contributed by atoms with van der Waals surface area (Å²) in [6.45, 7) is 2.03. The van der Waals surface area contributed by atoms with Gasteiger partial charge in [-0.1, -0.05) is 23.7 Å². The predicted octanol–water partition coefficient (Wildman–Crippen LogP) is 4.41. The summed E-state index contributed by atoms with van der Waals surface area (Å²) in [5, 5.41) is 4.21. The van der Waals surface area contributed by atoms with Crippen LogP contribution in [0.15, 0.2) is 30.3 Å². The Morgan fingerprint density at radius 1 is 1.20 bits per heavy atom. The van der Waals surface area contributed by atoms with Gasteiger partial charge in [0, 0.05) is 10.4 Å². The molecule has 1 aromatic heterocycles. The number of thiazole rings is 1. The summed E-state index contributed by atoms with van der Waals surface area (Å²) in [6, 6.07) is 10.1. The molecule has 3 heteroatoms. The van der Waals surface area contributed by atoms with Gasteiger partial charge in [-0.05, 0) is 30.5 Å². The molecule has 0 spiro atoms. The minimum Gasteiger partial charge on any atom is -0.241 e. The molecule has 1 nitrogen and oxygen atoms in total. The zero-order valence-electron chi connectivity index (χ0n) is 8.12. The Balaban J connectivity index is 2.53. The first-order valence-corrected chi connectivity index (χ1v) is 5.89. The lowest BCUT2D eigenvalue weighted by atomic mass is 10.1. The zero-order chi connectivity index (χ0) is 10.4. The van der Waals surface area contributed by atoms with E-state index in [1.807, 2.05) is 25.1 Å². The summed E-state index contributed by atoms with van der Waals surface area (Å²) in [4.78, 5) is 4.55. The van der Waals surface area contributed by atoms with Crippen LogP contribution in [0.2, 0.25) is 5.02 Å². The molecule has 0 aliphatic heterocycles. The molecule has 0 aliphatic carbocycles. The largest absolute Gasteiger partial charge is 0.241 e. The van der Waals surface area contributed by atoms with E-state index in [1.54, 1.807) is 11.3 Å². The predicted molar refractivity (Wildman–Crippen MR) is 66.9 cm³/mol. The second-order valence-corrected chi connectivity index (χ2v) is 5.18. The molecule has 0 bridgehead atoms. The van der Waals surface area contributed by atoms with Crippen molar-refractivity contribution in [3.63, 3.8) is 0 Å². The quantitative estimate of drug-likeness (QED) is 0.561. The number of benzene rings is 2. The Bertz CT molecular complexity index is 657. The van der Waals surface area contributed by atoms with Gasteiger partial charge in [-0.2, -0.15) is 0 Å². The van der Waals surface area contributed by atoms with Gasteiger partial charge in [0.15, 0.2) is 0 Å². The summed E-state index contributed by atoms with van der Waals surface area (Å²) in [5.74, 6) is 0. The second kappa shape index (κ2) is 3.19. The fourth-order valence-corrected chi connectivity index (χ4v) is 2.83. The van der Waals surface area contributed by atoms with E-state index in [1.165, 1.54) is 10.1 Å². The lowest BCUT2D eigenvalue weighted by Crippen LogP contribution is -1.75. The van der Waals surface area contributed by atoms with Crippen LogP contribution in [-0.4, -0.2) is 4.98 Å². The molecule has 2 aromatic carbocycles. The molecule has 3 rings (SSSR count). The summed E-state index contributed by atoms with van der Waals surface area (Å²) in [6.07, 6.45) is 0. The molecular formula is C12H8ClNS. The molecule has 3 aromatic rings. The van der Waals surface area contributed by atoms with E-state index in [-0.39, 0.29) is 0 Å². The Morgan fingerprint density at radius 2 is 2.07 bits per heavy atom. The Labute approximate surface area is 96.3 Å². The van der Waals surface area contributed by atoms with Gasteiger partial charge in [-0.25, -0.2) is 4.98 Å². The molecule has 0 radical (unpaired) electrons. The smallest absolute Gasteiger partial charge is 0.0908 e. The first kappa shape index (κ1) is 9.13. The van der Waals surface area contributed by atoms with E-state index < -0.39 is 0 Å². The number of hydrogen-bond acceptors (Lipinski definition) is 2. The van der Waals surface area contributed by atoms with Crippen molar-refractivity contribution in [2.75, 3.05) is 0 Å². The van der Waals surface area contributed by atoms with E-state index in [2.05, 4.69) is 17.1 Å². The Hall–Kier alpha value is -1.12. The van der Waals surface area contributed by atoms with Crippen molar-refractivity contribution in [2.45, 2.75) is 6.92 Å². The van der Waals surface area contributed by atoms with Gasteiger partial charge in [0.2, 0.25) is 0 Å². The average Bonchev–Trinajstić information content (AvgIpc) is 2.58. The summed E-state index contributed by atoms with van der Waals surface area (Å²) < 4.78 is 1.24. The molecule has 0 N–H and O–H groups in total. The van der Waals surface area contributed by atoms with E-state index in [0.717, 1.165) is 20.9 Å². The molecule has 0 amide bonds. The van der Waals surface area contributed by atoms with Crippen molar-refractivity contribution >= 4 is 43.9 Å². The van der Waals surface area contributed by atoms with Crippen LogP contribution in [0.1, 0.15) is 5.01 Å². The minimum absolute atomic E-state index is 0.772. The number of aryl methyl sites for hydroxylation is 1. The van der Waals surface area contributed by atoms with Gasteiger partial charge in [-0.15, -0.1) is 11.3 Å². The normalized spacial score (nSPS) is 11.3. The molecule has 0 unspecified atom stereocenters. The highest BCUT2D eigenvalue weighted by Crippen LogP contribution is 2.30. The standard InChI is InChI=1S/C12H8ClNS/c1-7-14-12-10-4-3-9(13)6-8(10)2-5-11(12)15-7/h2-6H,1H3. The van der Waals surface area contributed by atoms with Crippen LogP contribution < -0.4 is 0 Å². The molecule has 0 aliphatic rings. The van der Waals surface area contributed by atoms with Gasteiger partial charge in [0.1, 0.15) is 0 Å². The molecule has 0 saturated carbocycles. The van der Waals surface area contributed by atoms with Gasteiger partial charge in [0.25, 0.3) is 0 Å². The number of hydrogen-bond donors (Lipinski definition) is 0. The lowest BCUT2D eigenvalue weighted by Gasteiger charge is -1.98. The summed E-state index contributed by atoms with van der Waals surface area (Å²) in [7, 11) is 0. The molecule has 0 atom stereocenters. The molecule has 74 valence electrons. The van der Waals surface area contributed by atoms with Crippen molar-refractivity contribution in [1.82, 2.24) is 4.98 Å². The lowest BCUT2D eigenvalue weighted by molar-refractivity contribution is 1.35. The number of aromatic nitrogens is 1. The maximum atomic E-state index is 5.96. The summed E-state index contributed by atoms with van der Waals surface area (Å²) >= 11 is 7.68. The molecule has 0 fully saturated rings. The van der Waals surface area contributed by atoms with Gasteiger partial charge >= 0.3 is 0 Å². The molecule has 0 saturated heterocycles. The van der Waals surface area contributed by atoms with Gasteiger partial charge in [-0.3, -0.25) is 0 Å². The fraction of sp³-hybridized carbons (Fsp3) is 0.0833. The SMILES string of the molecule is Cc1nc2c(ccc3cc(Cl)ccc32)s1. The monoisotopic (exact) mass is 233 g/mol. The van der Waals surface area contributed by atoms with Crippen LogP contribution >= 0.6 is 22.9 Å². The number of rotatable bonds is 0. The topological polar surface area (TPSA) is 12.9 Å². The fourth-order valence-electron chi connectivity index (χ4n) is 1.80. The second-order valence-electron chi connectivity index (χ2n) is 3.51. The van der Waals surface area contributed by atoms with Crippen LogP contribution in [-0.2, 0) is 0 Å². The summed E-state index contributed by atoms with van der Waals surface area (Å²) in [5.41, 5.74) is 1.09. The van der Waals surface area contributed by atoms with Crippen LogP contribution in [0.4, 0.5) is 0 Å². The highest BCUT2D eigenvalue weighted by Gasteiger charge is 2.05. The highest BCUT2D eigenvalue weighted by atomic mass is 35.5. The number of fused-ring (bicyclic) bond motifs is 3. The van der Waals surface area contributed by atoms with Crippen molar-refractivity contribution in [3.05, 3.63) is 40.4 Å². The molecule has 15 heavy (non-hydrogen) atoms. The minimum atomic E-state index is 0.772. The van der Waals surface area contributed by atoms with Crippen molar-refractivity contribution < 1.29 is 0 Å². The van der Waals surface area contributed by atoms with Crippen molar-refractivity contribution in [1.29, 1.82) is 0 Å². The van der Waals surface area contributed by atoms with E-state index in [4.69, 9.17) is 11.6 Å². The van der Waals surface area contributed by atoms with Gasteiger partial charge < -0.3 is 0 Å². The zero-order valence-corrected chi connectivity index (χ0v) is 9.69. The Kier molecular flexibility index (Phi) is 1.94. The van der Waals surface area contributed by atoms with E-state index in [0.29, 0.717) is 0 Å². The molecular weight excluding hydrogens is 226 g/mol. The van der Waals surface area contributed by atoms with Crippen molar-refractivity contribution in [3.8, 4) is 0 Å². The molecule has 1 heterocycles. The number of nitrogens with zero attached hydrogens (tertiary/aromatic N) is 1. The van der Waals surface area contributed by atoms with E-state index >= 15 is 0 Å². The first-order valence-electron chi connectivity index (χ1n) is 4.69. The van der Waals surface area contributed by atoms with Crippen LogP contribution in [0.25, 0.3) is 21.0 Å². The van der Waals surface area contributed by atoms with Gasteiger partial charge in [0.05, 0.1) is 15.2 Å². The van der Waals surface area contributed by atoms with Crippen LogP contribution in [0.3, 0.4) is 0 Å². The third-order valence-corrected chi connectivity index (χ3v) is 3.61. The maximum Gasteiger partial charge on any atom is 0.0908 e. The maximum absolute atomic E-state index is 5.96. The van der Waals surface area contributed by atoms with E-state index in [9.17, 15) is 0 Å². The van der Waals surface area contributed by atoms with Crippen LogP contribution in [0, 0.1) is 6.92 Å².